The fourth-order valence-corrected chi connectivity index (χ4v) is 5.94. The first kappa shape index (κ1) is 18.1. The van der Waals surface area contributed by atoms with E-state index in [-0.39, 0.29) is 5.91 Å². The fourth-order valence-electron chi connectivity index (χ4n) is 3.36. The molecule has 1 fully saturated rings. The molecule has 1 aliphatic rings. The maximum Gasteiger partial charge on any atom is 0.249 e. The van der Waals surface area contributed by atoms with Gasteiger partial charge in [-0.2, -0.15) is 0 Å². The number of benzene rings is 2. The fraction of sp³-hybridized carbons (Fsp3) is 0.316. The van der Waals surface area contributed by atoms with Crippen LogP contribution in [0.15, 0.2) is 42.5 Å². The highest BCUT2D eigenvalue weighted by atomic mass is 127. The van der Waals surface area contributed by atoms with Crippen molar-refractivity contribution in [1.29, 1.82) is 0 Å². The Balaban J connectivity index is 1.71. The van der Waals surface area contributed by atoms with E-state index >= 15 is 0 Å². The maximum atomic E-state index is 11.6. The van der Waals surface area contributed by atoms with E-state index < -0.39 is 0 Å². The molecule has 0 bridgehead atoms. The van der Waals surface area contributed by atoms with Crippen molar-refractivity contribution in [2.24, 2.45) is 5.73 Å². The molecule has 0 aromatic heterocycles. The van der Waals surface area contributed by atoms with E-state index in [4.69, 9.17) is 5.73 Å². The lowest BCUT2D eigenvalue weighted by molar-refractivity contribution is 0.0999. The zero-order valence-electron chi connectivity index (χ0n) is 13.3. The van der Waals surface area contributed by atoms with Gasteiger partial charge < -0.3 is 5.73 Å². The van der Waals surface area contributed by atoms with Crippen molar-refractivity contribution in [2.75, 3.05) is 13.1 Å². The number of hydrogen-bond donors (Lipinski definition) is 1. The van der Waals surface area contributed by atoms with E-state index in [1.165, 1.54) is 14.7 Å². The van der Waals surface area contributed by atoms with Gasteiger partial charge in [0.25, 0.3) is 0 Å². The highest BCUT2D eigenvalue weighted by molar-refractivity contribution is 14.1. The van der Waals surface area contributed by atoms with E-state index in [2.05, 4.69) is 80.4 Å². The molecular weight excluding hydrogens is 526 g/mol. The second-order valence-electron chi connectivity index (χ2n) is 6.22. The molecule has 0 unspecified atom stereocenters. The van der Waals surface area contributed by atoms with Gasteiger partial charge in [-0.1, -0.05) is 30.3 Å². The molecule has 3 rings (SSSR count). The number of amides is 1. The van der Waals surface area contributed by atoms with Gasteiger partial charge in [0.15, 0.2) is 0 Å². The van der Waals surface area contributed by atoms with Crippen molar-refractivity contribution >= 4 is 51.1 Å². The molecule has 126 valence electrons. The number of likely N-dealkylation sites (tertiary alicyclic amines) is 1. The first-order valence-corrected chi connectivity index (χ1v) is 10.3. The zero-order chi connectivity index (χ0) is 17.1. The Labute approximate surface area is 170 Å². The van der Waals surface area contributed by atoms with Crippen LogP contribution in [0, 0.1) is 7.14 Å². The van der Waals surface area contributed by atoms with Crippen molar-refractivity contribution in [1.82, 2.24) is 4.90 Å². The number of piperidine rings is 1. The Bertz CT molecular complexity index is 726. The smallest absolute Gasteiger partial charge is 0.249 e. The average molecular weight is 546 g/mol. The quantitative estimate of drug-likeness (QED) is 0.580. The van der Waals surface area contributed by atoms with Crippen LogP contribution in [0.1, 0.15) is 40.2 Å². The van der Waals surface area contributed by atoms with Crippen LogP contribution in [0.25, 0.3) is 0 Å². The Morgan fingerprint density at radius 3 is 2.38 bits per heavy atom. The van der Waals surface area contributed by atoms with Gasteiger partial charge in [-0.3, -0.25) is 9.69 Å². The molecule has 0 radical (unpaired) electrons. The van der Waals surface area contributed by atoms with Crippen LogP contribution in [0.3, 0.4) is 0 Å². The average Bonchev–Trinajstić information content (AvgIpc) is 2.57. The van der Waals surface area contributed by atoms with Gasteiger partial charge in [-0.25, -0.2) is 0 Å². The molecule has 1 aliphatic heterocycles. The highest BCUT2D eigenvalue weighted by Gasteiger charge is 2.25. The first-order chi connectivity index (χ1) is 11.6. The molecule has 1 amide bonds. The predicted octanol–water partition coefficient (Wildman–Crippen LogP) is 4.37. The van der Waals surface area contributed by atoms with Gasteiger partial charge in [-0.05, 0) is 100 Å². The number of carbonyl (C=O) groups is 1. The summed E-state index contributed by atoms with van der Waals surface area (Å²) < 4.78 is 2.28. The lowest BCUT2D eigenvalue weighted by Crippen LogP contribution is -2.33. The highest BCUT2D eigenvalue weighted by Crippen LogP contribution is 2.36. The summed E-state index contributed by atoms with van der Waals surface area (Å²) in [5.74, 6) is 0.175. The van der Waals surface area contributed by atoms with Crippen LogP contribution in [-0.4, -0.2) is 23.9 Å². The second kappa shape index (κ2) is 8.14. The third kappa shape index (κ3) is 4.11. The molecule has 2 aromatic carbocycles. The van der Waals surface area contributed by atoms with Crippen LogP contribution >= 0.6 is 45.2 Å². The van der Waals surface area contributed by atoms with E-state index in [9.17, 15) is 4.79 Å². The van der Waals surface area contributed by atoms with Gasteiger partial charge in [0, 0.05) is 13.7 Å². The van der Waals surface area contributed by atoms with Crippen LogP contribution < -0.4 is 5.73 Å². The van der Waals surface area contributed by atoms with Gasteiger partial charge in [0.2, 0.25) is 5.91 Å². The summed E-state index contributed by atoms with van der Waals surface area (Å²) in [6, 6.07) is 14.5. The number of hydrogen-bond acceptors (Lipinski definition) is 2. The van der Waals surface area contributed by atoms with E-state index in [1.54, 1.807) is 0 Å². The molecule has 1 heterocycles. The molecule has 2 aromatic rings. The third-order valence-electron chi connectivity index (χ3n) is 4.64. The first-order valence-electron chi connectivity index (χ1n) is 8.10. The molecule has 0 saturated carbocycles. The van der Waals surface area contributed by atoms with Gasteiger partial charge in [0.1, 0.15) is 0 Å². The van der Waals surface area contributed by atoms with Crippen molar-refractivity contribution in [2.45, 2.75) is 25.3 Å². The number of nitrogens with zero attached hydrogens (tertiary/aromatic N) is 1. The van der Waals surface area contributed by atoms with Crippen molar-refractivity contribution < 1.29 is 4.79 Å². The van der Waals surface area contributed by atoms with Gasteiger partial charge >= 0.3 is 0 Å². The summed E-state index contributed by atoms with van der Waals surface area (Å²) in [5, 5.41) is 0. The van der Waals surface area contributed by atoms with Crippen molar-refractivity contribution in [3.8, 4) is 0 Å². The Hall–Kier alpha value is -0.670. The summed E-state index contributed by atoms with van der Waals surface area (Å²) in [6.07, 6.45) is 2.25. The summed E-state index contributed by atoms with van der Waals surface area (Å²) in [6.45, 7) is 3.20. The Morgan fingerprint density at radius 1 is 1.08 bits per heavy atom. The number of rotatable bonds is 4. The Kier molecular flexibility index (Phi) is 6.15. The third-order valence-corrected chi connectivity index (χ3v) is 6.74. The van der Waals surface area contributed by atoms with Crippen LogP contribution in [0.4, 0.5) is 0 Å². The van der Waals surface area contributed by atoms with Crippen molar-refractivity contribution in [3.05, 3.63) is 66.3 Å². The van der Waals surface area contributed by atoms with Crippen LogP contribution in [0.2, 0.25) is 0 Å². The normalized spacial score (nSPS) is 16.2. The second-order valence-corrected chi connectivity index (χ2v) is 8.46. The van der Waals surface area contributed by atoms with Crippen LogP contribution in [-0.2, 0) is 6.54 Å². The maximum absolute atomic E-state index is 11.6. The minimum absolute atomic E-state index is 0.335. The molecule has 3 nitrogen and oxygen atoms in total. The molecule has 1 saturated heterocycles. The minimum atomic E-state index is -0.335. The molecule has 24 heavy (non-hydrogen) atoms. The Morgan fingerprint density at radius 2 is 1.75 bits per heavy atom. The topological polar surface area (TPSA) is 46.3 Å². The molecule has 2 N–H and O–H groups in total. The largest absolute Gasteiger partial charge is 0.366 e. The molecule has 0 aliphatic carbocycles. The number of carbonyl (C=O) groups excluding carboxylic acids is 1. The van der Waals surface area contributed by atoms with Gasteiger partial charge in [0.05, 0.1) is 5.56 Å². The number of nitrogens with two attached hydrogens (primary N) is 1. The summed E-state index contributed by atoms with van der Waals surface area (Å²) in [5.41, 5.74) is 8.85. The molecule has 5 heteroatoms. The van der Waals surface area contributed by atoms with E-state index in [0.717, 1.165) is 36.0 Å². The molecular formula is C19H20I2N2O. The lowest BCUT2D eigenvalue weighted by atomic mass is 9.88. The predicted molar refractivity (Wildman–Crippen MR) is 114 cm³/mol. The monoisotopic (exact) mass is 546 g/mol. The van der Waals surface area contributed by atoms with Crippen molar-refractivity contribution in [3.63, 3.8) is 0 Å². The lowest BCUT2D eigenvalue weighted by Gasteiger charge is -2.33. The van der Waals surface area contributed by atoms with E-state index in [0.29, 0.717) is 11.5 Å². The summed E-state index contributed by atoms with van der Waals surface area (Å²) in [4.78, 5) is 14.1. The minimum Gasteiger partial charge on any atom is -0.366 e. The number of halogens is 2. The standard InChI is InChI=1S/C19H20I2N2O/c20-16-7-6-15(19(22)24)18(21)17(16)14-8-10-23(11-9-14)12-13-4-2-1-3-5-13/h1-7,14H,8-12H2,(H2,22,24). The zero-order valence-corrected chi connectivity index (χ0v) is 17.7. The molecule has 0 spiro atoms. The summed E-state index contributed by atoms with van der Waals surface area (Å²) in [7, 11) is 0. The van der Waals surface area contributed by atoms with E-state index in [1.807, 2.05) is 12.1 Å². The van der Waals surface area contributed by atoms with Gasteiger partial charge in [-0.15, -0.1) is 0 Å². The SMILES string of the molecule is NC(=O)c1ccc(I)c(C2CCN(Cc3ccccc3)CC2)c1I. The number of primary amides is 1. The summed E-state index contributed by atoms with van der Waals surface area (Å²) >= 11 is 4.67. The molecule has 0 atom stereocenters. The van der Waals surface area contributed by atoms with Crippen LogP contribution in [0.5, 0.6) is 0 Å².